The molecule has 0 aromatic heterocycles. The van der Waals surface area contributed by atoms with Crippen LogP contribution in [0.5, 0.6) is 0 Å². The van der Waals surface area contributed by atoms with E-state index in [4.69, 9.17) is 0 Å². The fourth-order valence-electron chi connectivity index (χ4n) is 2.52. The second kappa shape index (κ2) is 9.12. The van der Waals surface area contributed by atoms with Crippen LogP contribution in [0.4, 0.5) is 13.2 Å². The van der Waals surface area contributed by atoms with Crippen LogP contribution in [0.2, 0.25) is 0 Å². The minimum absolute atomic E-state index is 0.251. The highest BCUT2D eigenvalue weighted by Crippen LogP contribution is 2.22. The van der Waals surface area contributed by atoms with E-state index in [1.165, 1.54) is 17.7 Å². The summed E-state index contributed by atoms with van der Waals surface area (Å²) in [6.45, 7) is 3.92. The number of likely N-dealkylation sites (tertiary alicyclic amines) is 1. The highest BCUT2D eigenvalue weighted by Gasteiger charge is 2.34. The molecule has 0 amide bonds. The van der Waals surface area contributed by atoms with Gasteiger partial charge in [-0.1, -0.05) is 19.8 Å². The molecule has 0 spiro atoms. The number of unbranched alkanes of at least 4 members (excludes halogenated alkanes) is 2. The van der Waals surface area contributed by atoms with Crippen molar-refractivity contribution in [3.05, 3.63) is 0 Å². The molecule has 124 valence electrons. The molecule has 7 heteroatoms. The van der Waals surface area contributed by atoms with Crippen LogP contribution in [0.1, 0.15) is 32.6 Å². The maximum absolute atomic E-state index is 12.3. The third-order valence-corrected chi connectivity index (χ3v) is 3.63. The topological polar surface area (TPSA) is 39.7 Å². The molecule has 1 aliphatic rings. The normalized spacial score (nSPS) is 20.8. The third kappa shape index (κ3) is 8.14. The molecule has 0 aromatic carbocycles. The van der Waals surface area contributed by atoms with Crippen LogP contribution in [-0.4, -0.2) is 56.8 Å². The molecule has 1 rings (SSSR count). The number of alkyl halides is 3. The van der Waals surface area contributed by atoms with E-state index >= 15 is 0 Å². The number of guanidine groups is 1. The average molecular weight is 308 g/mol. The fourth-order valence-corrected chi connectivity index (χ4v) is 2.52. The Morgan fingerprint density at radius 2 is 2.05 bits per heavy atom. The molecule has 0 aliphatic carbocycles. The van der Waals surface area contributed by atoms with Crippen molar-refractivity contribution in [3.8, 4) is 0 Å². The van der Waals surface area contributed by atoms with Gasteiger partial charge in [0.25, 0.3) is 0 Å². The first-order valence-corrected chi connectivity index (χ1v) is 7.68. The fraction of sp³-hybridized carbons (Fsp3) is 0.929. The lowest BCUT2D eigenvalue weighted by Crippen LogP contribution is -2.41. The van der Waals surface area contributed by atoms with Crippen molar-refractivity contribution in [1.29, 1.82) is 0 Å². The Morgan fingerprint density at radius 3 is 2.67 bits per heavy atom. The van der Waals surface area contributed by atoms with Gasteiger partial charge in [-0.2, -0.15) is 13.2 Å². The molecular formula is C14H27F3N4. The smallest absolute Gasteiger partial charge is 0.356 e. The molecule has 21 heavy (non-hydrogen) atoms. The van der Waals surface area contributed by atoms with Crippen molar-refractivity contribution in [1.82, 2.24) is 15.5 Å². The molecule has 0 radical (unpaired) electrons. The van der Waals surface area contributed by atoms with E-state index in [0.29, 0.717) is 19.6 Å². The quantitative estimate of drug-likeness (QED) is 0.430. The largest absolute Gasteiger partial charge is 0.401 e. The molecular weight excluding hydrogens is 281 g/mol. The van der Waals surface area contributed by atoms with Gasteiger partial charge in [-0.05, 0) is 25.3 Å². The minimum atomic E-state index is -4.10. The molecule has 1 unspecified atom stereocenters. The maximum atomic E-state index is 12.3. The Morgan fingerprint density at radius 1 is 1.29 bits per heavy atom. The lowest BCUT2D eigenvalue weighted by molar-refractivity contribution is -0.143. The van der Waals surface area contributed by atoms with Crippen LogP contribution in [0.3, 0.4) is 0 Å². The van der Waals surface area contributed by atoms with E-state index in [2.05, 4.69) is 22.5 Å². The second-order valence-electron chi connectivity index (χ2n) is 5.59. The summed E-state index contributed by atoms with van der Waals surface area (Å²) >= 11 is 0. The van der Waals surface area contributed by atoms with Crippen LogP contribution < -0.4 is 10.6 Å². The summed E-state index contributed by atoms with van der Waals surface area (Å²) in [7, 11) is 1.71. The van der Waals surface area contributed by atoms with Gasteiger partial charge in [0.1, 0.15) is 0 Å². The lowest BCUT2D eigenvalue weighted by Gasteiger charge is -2.18. The van der Waals surface area contributed by atoms with E-state index < -0.39 is 12.7 Å². The molecule has 0 aromatic rings. The minimum Gasteiger partial charge on any atom is -0.356 e. The van der Waals surface area contributed by atoms with Gasteiger partial charge in [0.15, 0.2) is 5.96 Å². The molecule has 1 heterocycles. The number of aliphatic imine (C=N–C) groups is 1. The van der Waals surface area contributed by atoms with E-state index in [9.17, 15) is 13.2 Å². The van der Waals surface area contributed by atoms with Crippen LogP contribution in [0, 0.1) is 5.92 Å². The van der Waals surface area contributed by atoms with Gasteiger partial charge in [0.05, 0.1) is 6.54 Å². The van der Waals surface area contributed by atoms with Crippen LogP contribution in [0.15, 0.2) is 4.99 Å². The molecule has 4 nitrogen and oxygen atoms in total. The number of rotatable bonds is 7. The standard InChI is InChI=1S/C14H27F3N4/c1-3-4-5-7-19-13(18-2)20-9-12-6-8-21(10-12)11-14(15,16)17/h12H,3-11H2,1-2H3,(H2,18,19,20). The molecule has 1 aliphatic heterocycles. The lowest BCUT2D eigenvalue weighted by atomic mass is 10.1. The van der Waals surface area contributed by atoms with Crippen LogP contribution in [-0.2, 0) is 0 Å². The van der Waals surface area contributed by atoms with Gasteiger partial charge in [0, 0.05) is 26.7 Å². The molecule has 1 saturated heterocycles. The number of nitrogens with zero attached hydrogens (tertiary/aromatic N) is 2. The summed E-state index contributed by atoms with van der Waals surface area (Å²) in [6, 6.07) is 0. The van der Waals surface area contributed by atoms with Gasteiger partial charge in [-0.15, -0.1) is 0 Å². The van der Waals surface area contributed by atoms with Crippen molar-refractivity contribution in [3.63, 3.8) is 0 Å². The number of hydrogen-bond donors (Lipinski definition) is 2. The van der Waals surface area contributed by atoms with Crippen LogP contribution >= 0.6 is 0 Å². The van der Waals surface area contributed by atoms with Gasteiger partial charge in [-0.25, -0.2) is 0 Å². The summed E-state index contributed by atoms with van der Waals surface area (Å²) in [4.78, 5) is 5.60. The maximum Gasteiger partial charge on any atom is 0.401 e. The molecule has 2 N–H and O–H groups in total. The van der Waals surface area contributed by atoms with Crippen molar-refractivity contribution < 1.29 is 13.2 Å². The zero-order valence-corrected chi connectivity index (χ0v) is 13.0. The Balaban J connectivity index is 2.19. The monoisotopic (exact) mass is 308 g/mol. The van der Waals surface area contributed by atoms with Gasteiger partial charge in [0.2, 0.25) is 0 Å². The van der Waals surface area contributed by atoms with Crippen molar-refractivity contribution in [2.24, 2.45) is 10.9 Å². The number of nitrogens with one attached hydrogen (secondary N) is 2. The Labute approximate surface area is 125 Å². The zero-order chi connectivity index (χ0) is 15.7. The van der Waals surface area contributed by atoms with Crippen LogP contribution in [0.25, 0.3) is 0 Å². The van der Waals surface area contributed by atoms with E-state index in [1.54, 1.807) is 7.05 Å². The van der Waals surface area contributed by atoms with Crippen molar-refractivity contribution in [2.75, 3.05) is 39.8 Å². The Bertz CT molecular complexity index is 318. The van der Waals surface area contributed by atoms with E-state index in [1.807, 2.05) is 0 Å². The Hall–Kier alpha value is -0.980. The summed E-state index contributed by atoms with van der Waals surface area (Å²) in [5, 5.41) is 6.43. The SMILES string of the molecule is CCCCCNC(=NC)NCC1CCN(CC(F)(F)F)C1. The Kier molecular flexibility index (Phi) is 7.85. The molecule has 0 bridgehead atoms. The third-order valence-electron chi connectivity index (χ3n) is 3.63. The van der Waals surface area contributed by atoms with E-state index in [0.717, 1.165) is 25.3 Å². The average Bonchev–Trinajstić information content (AvgIpc) is 2.83. The van der Waals surface area contributed by atoms with Gasteiger partial charge in [-0.3, -0.25) is 9.89 Å². The highest BCUT2D eigenvalue weighted by molar-refractivity contribution is 5.79. The number of hydrogen-bond acceptors (Lipinski definition) is 2. The second-order valence-corrected chi connectivity index (χ2v) is 5.59. The first-order chi connectivity index (χ1) is 9.94. The zero-order valence-electron chi connectivity index (χ0n) is 13.0. The molecule has 1 fully saturated rings. The predicted molar refractivity (Wildman–Crippen MR) is 79.5 cm³/mol. The number of halogens is 3. The molecule has 0 saturated carbocycles. The highest BCUT2D eigenvalue weighted by atomic mass is 19.4. The van der Waals surface area contributed by atoms with Gasteiger partial charge < -0.3 is 10.6 Å². The van der Waals surface area contributed by atoms with Crippen molar-refractivity contribution >= 4 is 5.96 Å². The summed E-state index contributed by atoms with van der Waals surface area (Å²) in [6.07, 6.45) is 0.152. The van der Waals surface area contributed by atoms with E-state index in [-0.39, 0.29) is 5.92 Å². The van der Waals surface area contributed by atoms with Crippen molar-refractivity contribution in [2.45, 2.75) is 38.8 Å². The predicted octanol–water partition coefficient (Wildman–Crippen LogP) is 2.23. The first kappa shape index (κ1) is 18.1. The summed E-state index contributed by atoms with van der Waals surface area (Å²) < 4.78 is 37.0. The first-order valence-electron chi connectivity index (χ1n) is 7.68. The molecule has 1 atom stereocenters. The summed E-state index contributed by atoms with van der Waals surface area (Å²) in [5.41, 5.74) is 0. The van der Waals surface area contributed by atoms with Gasteiger partial charge >= 0.3 is 6.18 Å². The summed E-state index contributed by atoms with van der Waals surface area (Å²) in [5.74, 6) is 0.988.